The second kappa shape index (κ2) is 8.52. The van der Waals surface area contributed by atoms with Crippen molar-refractivity contribution in [2.24, 2.45) is 5.73 Å². The zero-order valence-electron chi connectivity index (χ0n) is 13.4. The lowest BCUT2D eigenvalue weighted by atomic mass is 10.0. The van der Waals surface area contributed by atoms with E-state index in [0.717, 1.165) is 29.9 Å². The Bertz CT molecular complexity index is 461. The Hall–Kier alpha value is -1.75. The molecule has 0 heterocycles. The average molecular weight is 294 g/mol. The number of carbonyl (C=O) groups excluding carboxylic acids is 1. The minimum Gasteiger partial charge on any atom is -0.497 e. The van der Waals surface area contributed by atoms with Crippen LogP contribution in [0.5, 0.6) is 11.5 Å². The van der Waals surface area contributed by atoms with Crippen LogP contribution in [0.25, 0.3) is 0 Å². The van der Waals surface area contributed by atoms with Gasteiger partial charge in [-0.15, -0.1) is 0 Å². The molecule has 1 rings (SSSR count). The first-order chi connectivity index (χ1) is 9.97. The highest BCUT2D eigenvalue weighted by molar-refractivity contribution is 5.75. The maximum Gasteiger partial charge on any atom is 0.225 e. The Morgan fingerprint density at radius 1 is 1.38 bits per heavy atom. The molecule has 0 aliphatic carbocycles. The lowest BCUT2D eigenvalue weighted by Crippen LogP contribution is -2.24. The fourth-order valence-corrected chi connectivity index (χ4v) is 1.86. The first kappa shape index (κ1) is 17.3. The van der Waals surface area contributed by atoms with E-state index in [2.05, 4.69) is 6.92 Å². The van der Waals surface area contributed by atoms with Crippen molar-refractivity contribution in [1.29, 1.82) is 0 Å². The number of hydrogen-bond donors (Lipinski definition) is 1. The summed E-state index contributed by atoms with van der Waals surface area (Å²) in [6, 6.07) is 5.81. The maximum absolute atomic E-state index is 11.6. The number of amides is 1. The number of nitrogens with zero attached hydrogens (tertiary/aromatic N) is 1. The van der Waals surface area contributed by atoms with Crippen molar-refractivity contribution < 1.29 is 14.3 Å². The first-order valence-corrected chi connectivity index (χ1v) is 7.23. The average Bonchev–Trinajstić information content (AvgIpc) is 2.48. The molecule has 1 atom stereocenters. The summed E-state index contributed by atoms with van der Waals surface area (Å²) in [6.45, 7) is 2.41. The first-order valence-electron chi connectivity index (χ1n) is 7.23. The highest BCUT2D eigenvalue weighted by Crippen LogP contribution is 2.26. The third-order valence-electron chi connectivity index (χ3n) is 3.35. The zero-order valence-corrected chi connectivity index (χ0v) is 13.4. The predicted octanol–water partition coefficient (Wildman–Crippen LogP) is 1.83. The molecule has 1 aromatic rings. The van der Waals surface area contributed by atoms with Crippen molar-refractivity contribution in [3.05, 3.63) is 23.8 Å². The maximum atomic E-state index is 11.6. The SMILES string of the molecule is CCC(N)Cc1ccc(OC)cc1OCCC(=O)N(C)C. The topological polar surface area (TPSA) is 64.8 Å². The monoisotopic (exact) mass is 294 g/mol. The molecule has 0 bridgehead atoms. The molecule has 2 N–H and O–H groups in total. The molecule has 118 valence electrons. The van der Waals surface area contributed by atoms with Crippen LogP contribution < -0.4 is 15.2 Å². The molecule has 5 heteroatoms. The Morgan fingerprint density at radius 3 is 2.67 bits per heavy atom. The molecule has 1 aromatic carbocycles. The molecule has 0 aliphatic heterocycles. The summed E-state index contributed by atoms with van der Waals surface area (Å²) >= 11 is 0. The highest BCUT2D eigenvalue weighted by atomic mass is 16.5. The summed E-state index contributed by atoms with van der Waals surface area (Å²) < 4.78 is 11.0. The third kappa shape index (κ3) is 5.63. The van der Waals surface area contributed by atoms with Crippen LogP contribution in [0.4, 0.5) is 0 Å². The Kier molecular flexibility index (Phi) is 7.02. The minimum absolute atomic E-state index is 0.0460. The molecule has 0 aliphatic rings. The van der Waals surface area contributed by atoms with E-state index < -0.39 is 0 Å². The lowest BCUT2D eigenvalue weighted by molar-refractivity contribution is -0.129. The van der Waals surface area contributed by atoms with Crippen molar-refractivity contribution in [3.63, 3.8) is 0 Å². The van der Waals surface area contributed by atoms with Crippen molar-refractivity contribution in [3.8, 4) is 11.5 Å². The summed E-state index contributed by atoms with van der Waals surface area (Å²) in [6.07, 6.45) is 2.01. The second-order valence-electron chi connectivity index (χ2n) is 5.23. The highest BCUT2D eigenvalue weighted by Gasteiger charge is 2.11. The number of methoxy groups -OCH3 is 1. The number of rotatable bonds is 8. The molecular weight excluding hydrogens is 268 g/mol. The summed E-state index contributed by atoms with van der Waals surface area (Å²) in [5.41, 5.74) is 7.06. The number of ether oxygens (including phenoxy) is 2. The fourth-order valence-electron chi connectivity index (χ4n) is 1.86. The largest absolute Gasteiger partial charge is 0.497 e. The van der Waals surface area contributed by atoms with Crippen molar-refractivity contribution in [2.45, 2.75) is 32.2 Å². The molecule has 0 aromatic heterocycles. The van der Waals surface area contributed by atoms with Gasteiger partial charge in [-0.2, -0.15) is 0 Å². The van der Waals surface area contributed by atoms with Gasteiger partial charge in [0.1, 0.15) is 11.5 Å². The smallest absolute Gasteiger partial charge is 0.225 e. The van der Waals surface area contributed by atoms with Gasteiger partial charge in [0.05, 0.1) is 20.1 Å². The van der Waals surface area contributed by atoms with Gasteiger partial charge in [0.2, 0.25) is 5.91 Å². The Labute approximate surface area is 127 Å². The molecule has 0 fully saturated rings. The van der Waals surface area contributed by atoms with Gasteiger partial charge in [-0.1, -0.05) is 13.0 Å². The van der Waals surface area contributed by atoms with Gasteiger partial charge in [0, 0.05) is 26.2 Å². The number of benzene rings is 1. The van der Waals surface area contributed by atoms with Gasteiger partial charge in [-0.3, -0.25) is 4.79 Å². The van der Waals surface area contributed by atoms with Gasteiger partial charge in [-0.05, 0) is 24.5 Å². The summed E-state index contributed by atoms with van der Waals surface area (Å²) in [5, 5.41) is 0. The Balaban J connectivity index is 2.74. The molecule has 5 nitrogen and oxygen atoms in total. The predicted molar refractivity (Wildman–Crippen MR) is 83.8 cm³/mol. The van der Waals surface area contributed by atoms with Crippen LogP contribution >= 0.6 is 0 Å². The van der Waals surface area contributed by atoms with E-state index in [1.165, 1.54) is 0 Å². The fraction of sp³-hybridized carbons (Fsp3) is 0.562. The van der Waals surface area contributed by atoms with E-state index in [-0.39, 0.29) is 11.9 Å². The minimum atomic E-state index is 0.0460. The molecule has 0 saturated heterocycles. The van der Waals surface area contributed by atoms with E-state index in [0.29, 0.717) is 13.0 Å². The quantitative estimate of drug-likeness (QED) is 0.794. The normalized spacial score (nSPS) is 11.9. The summed E-state index contributed by atoms with van der Waals surface area (Å²) in [5.74, 6) is 1.52. The van der Waals surface area contributed by atoms with Crippen LogP contribution in [-0.2, 0) is 11.2 Å². The van der Waals surface area contributed by atoms with E-state index in [4.69, 9.17) is 15.2 Å². The van der Waals surface area contributed by atoms with Crippen LogP contribution in [0, 0.1) is 0 Å². The van der Waals surface area contributed by atoms with Gasteiger partial charge in [0.15, 0.2) is 0 Å². The number of carbonyl (C=O) groups is 1. The molecule has 0 spiro atoms. The van der Waals surface area contributed by atoms with Crippen LogP contribution in [0.15, 0.2) is 18.2 Å². The molecule has 21 heavy (non-hydrogen) atoms. The van der Waals surface area contributed by atoms with Gasteiger partial charge >= 0.3 is 0 Å². The summed E-state index contributed by atoms with van der Waals surface area (Å²) in [4.78, 5) is 13.1. The van der Waals surface area contributed by atoms with Crippen LogP contribution in [0.2, 0.25) is 0 Å². The van der Waals surface area contributed by atoms with Crippen LogP contribution in [-0.4, -0.2) is 44.7 Å². The molecule has 0 radical (unpaired) electrons. The Morgan fingerprint density at radius 2 is 2.10 bits per heavy atom. The molecule has 1 amide bonds. The second-order valence-corrected chi connectivity index (χ2v) is 5.23. The molecule has 1 unspecified atom stereocenters. The van der Waals surface area contributed by atoms with E-state index in [1.54, 1.807) is 26.1 Å². The summed E-state index contributed by atoms with van der Waals surface area (Å²) in [7, 11) is 5.09. The van der Waals surface area contributed by atoms with E-state index in [9.17, 15) is 4.79 Å². The molecule has 0 saturated carbocycles. The van der Waals surface area contributed by atoms with Crippen LogP contribution in [0.1, 0.15) is 25.3 Å². The number of nitrogens with two attached hydrogens (primary N) is 1. The van der Waals surface area contributed by atoms with Gasteiger partial charge < -0.3 is 20.1 Å². The van der Waals surface area contributed by atoms with Crippen molar-refractivity contribution in [2.75, 3.05) is 27.8 Å². The van der Waals surface area contributed by atoms with Crippen molar-refractivity contribution in [1.82, 2.24) is 4.90 Å². The third-order valence-corrected chi connectivity index (χ3v) is 3.35. The van der Waals surface area contributed by atoms with E-state index >= 15 is 0 Å². The lowest BCUT2D eigenvalue weighted by Gasteiger charge is -2.16. The molecular formula is C16H26N2O3. The zero-order chi connectivity index (χ0) is 15.8. The van der Waals surface area contributed by atoms with Crippen molar-refractivity contribution >= 4 is 5.91 Å². The van der Waals surface area contributed by atoms with Crippen LogP contribution in [0.3, 0.4) is 0 Å². The van der Waals surface area contributed by atoms with Gasteiger partial charge in [-0.25, -0.2) is 0 Å². The standard InChI is InChI=1S/C16H26N2O3/c1-5-13(17)10-12-6-7-14(20-4)11-15(12)21-9-8-16(19)18(2)3/h6-7,11,13H,5,8-10,17H2,1-4H3. The van der Waals surface area contributed by atoms with Gasteiger partial charge in [0.25, 0.3) is 0 Å². The van der Waals surface area contributed by atoms with E-state index in [1.807, 2.05) is 18.2 Å². The number of hydrogen-bond acceptors (Lipinski definition) is 4.